The monoisotopic (exact) mass is 380 g/mol. The third-order valence-corrected chi connectivity index (χ3v) is 11.2. The zero-order chi connectivity index (χ0) is 19.8. The molecule has 0 aromatic carbocycles. The van der Waals surface area contributed by atoms with Crippen LogP contribution in [0.3, 0.4) is 0 Å². The van der Waals surface area contributed by atoms with Crippen LogP contribution in [0.5, 0.6) is 0 Å². The third-order valence-electron chi connectivity index (χ3n) is 6.08. The molecular formula is C22H40O3Si. The maximum atomic E-state index is 7.07. The molecule has 0 unspecified atom stereocenters. The minimum Gasteiger partial charge on any atom is -0.469 e. The molecule has 0 aliphatic carbocycles. The van der Waals surface area contributed by atoms with Gasteiger partial charge in [-0.15, -0.1) is 0 Å². The van der Waals surface area contributed by atoms with Crippen molar-refractivity contribution in [3.8, 4) is 0 Å². The first-order valence-electron chi connectivity index (χ1n) is 10.3. The number of hydrogen-bond acceptors (Lipinski definition) is 3. The molecule has 1 aromatic rings. The molecule has 1 aromatic heterocycles. The number of rotatable bonds is 5. The Morgan fingerprint density at radius 3 is 2.19 bits per heavy atom. The molecule has 2 heterocycles. The van der Waals surface area contributed by atoms with Gasteiger partial charge in [-0.25, -0.2) is 0 Å². The summed E-state index contributed by atoms with van der Waals surface area (Å²) in [6, 6.07) is 4.07. The first-order chi connectivity index (χ1) is 11.9. The SMILES string of the molecule is CC[C@H]1CO[Si](C(C)(C)C)(C(C)(C)C)O[C@H]1[C@@H](C)C[C@@H](C)c1ccco1. The summed E-state index contributed by atoms with van der Waals surface area (Å²) in [6.07, 6.45) is 4.21. The smallest absolute Gasteiger partial charge is 0.349 e. The molecule has 1 fully saturated rings. The fraction of sp³-hybridized carbons (Fsp3) is 0.818. The van der Waals surface area contributed by atoms with E-state index in [0.717, 1.165) is 25.2 Å². The predicted molar refractivity (Wildman–Crippen MR) is 111 cm³/mol. The van der Waals surface area contributed by atoms with Gasteiger partial charge in [0.1, 0.15) is 5.76 Å². The molecule has 3 nitrogen and oxygen atoms in total. The van der Waals surface area contributed by atoms with Crippen molar-refractivity contribution in [1.82, 2.24) is 0 Å². The van der Waals surface area contributed by atoms with Crippen molar-refractivity contribution in [1.29, 1.82) is 0 Å². The van der Waals surface area contributed by atoms with E-state index in [-0.39, 0.29) is 16.2 Å². The fourth-order valence-electron chi connectivity index (χ4n) is 4.86. The van der Waals surface area contributed by atoms with Gasteiger partial charge >= 0.3 is 8.56 Å². The maximum absolute atomic E-state index is 7.07. The van der Waals surface area contributed by atoms with Crippen LogP contribution in [-0.4, -0.2) is 21.3 Å². The molecule has 4 heteroatoms. The Morgan fingerprint density at radius 1 is 1.12 bits per heavy atom. The van der Waals surface area contributed by atoms with Gasteiger partial charge in [-0.1, -0.05) is 62.3 Å². The molecule has 0 amide bonds. The van der Waals surface area contributed by atoms with Gasteiger partial charge in [0.25, 0.3) is 0 Å². The summed E-state index contributed by atoms with van der Waals surface area (Å²) < 4.78 is 19.4. The highest BCUT2D eigenvalue weighted by molar-refractivity contribution is 6.73. The average molecular weight is 381 g/mol. The van der Waals surface area contributed by atoms with E-state index in [1.807, 2.05) is 6.07 Å². The molecule has 4 atom stereocenters. The third kappa shape index (κ3) is 4.12. The molecule has 150 valence electrons. The zero-order valence-electron chi connectivity index (χ0n) is 18.4. The van der Waals surface area contributed by atoms with E-state index in [1.54, 1.807) is 6.26 Å². The molecular weight excluding hydrogens is 340 g/mol. The molecule has 1 saturated heterocycles. The standard InChI is InChI=1S/C22H40O3Si/c1-10-18-15-24-26(21(4,5)6,22(7,8)9)25-20(18)17(3)14-16(2)19-12-11-13-23-19/h11-13,16-18,20H,10,14-15H2,1-9H3/t16-,17+,18+,20+/m1/s1. The minimum absolute atomic E-state index is 0.0363. The van der Waals surface area contributed by atoms with Gasteiger partial charge in [-0.2, -0.15) is 0 Å². The second-order valence-corrected chi connectivity index (χ2v) is 15.1. The summed E-state index contributed by atoms with van der Waals surface area (Å²) in [5, 5.41) is 0.0725. The zero-order valence-corrected chi connectivity index (χ0v) is 19.4. The highest BCUT2D eigenvalue weighted by Crippen LogP contribution is 2.55. The normalized spacial score (nSPS) is 26.5. The quantitative estimate of drug-likeness (QED) is 0.521. The van der Waals surface area contributed by atoms with E-state index in [2.05, 4.69) is 68.4 Å². The molecule has 0 bridgehead atoms. The van der Waals surface area contributed by atoms with Crippen LogP contribution in [0.1, 0.15) is 86.8 Å². The van der Waals surface area contributed by atoms with Crippen LogP contribution < -0.4 is 0 Å². The fourth-order valence-corrected chi connectivity index (χ4v) is 10.0. The van der Waals surface area contributed by atoms with Gasteiger partial charge < -0.3 is 13.3 Å². The van der Waals surface area contributed by atoms with Gasteiger partial charge in [0, 0.05) is 28.5 Å². The molecule has 0 N–H and O–H groups in total. The Morgan fingerprint density at radius 2 is 1.73 bits per heavy atom. The Balaban J connectivity index is 2.25. The summed E-state index contributed by atoms with van der Waals surface area (Å²) >= 11 is 0. The van der Waals surface area contributed by atoms with E-state index in [9.17, 15) is 0 Å². The van der Waals surface area contributed by atoms with Gasteiger partial charge in [0.05, 0.1) is 12.4 Å². The van der Waals surface area contributed by atoms with E-state index in [4.69, 9.17) is 13.3 Å². The van der Waals surface area contributed by atoms with Crippen molar-refractivity contribution in [3.05, 3.63) is 24.2 Å². The largest absolute Gasteiger partial charge is 0.469 e. The summed E-state index contributed by atoms with van der Waals surface area (Å²) in [7, 11) is -2.41. The molecule has 0 spiro atoms. The lowest BCUT2D eigenvalue weighted by Gasteiger charge is -2.56. The van der Waals surface area contributed by atoms with Crippen LogP contribution in [0, 0.1) is 11.8 Å². The van der Waals surface area contributed by atoms with Crippen molar-refractivity contribution in [2.45, 2.75) is 97.3 Å². The number of hydrogen-bond donors (Lipinski definition) is 0. The van der Waals surface area contributed by atoms with Gasteiger partial charge in [0.2, 0.25) is 0 Å². The van der Waals surface area contributed by atoms with Crippen LogP contribution in [0.2, 0.25) is 10.1 Å². The molecule has 0 saturated carbocycles. The van der Waals surface area contributed by atoms with Crippen LogP contribution >= 0.6 is 0 Å². The van der Waals surface area contributed by atoms with Crippen LogP contribution in [0.15, 0.2) is 22.8 Å². The van der Waals surface area contributed by atoms with E-state index in [0.29, 0.717) is 17.8 Å². The molecule has 26 heavy (non-hydrogen) atoms. The van der Waals surface area contributed by atoms with Crippen LogP contribution in [0.25, 0.3) is 0 Å². The summed E-state index contributed by atoms with van der Waals surface area (Å²) in [6.45, 7) is 21.5. The Labute approximate surface area is 162 Å². The van der Waals surface area contributed by atoms with E-state index in [1.165, 1.54) is 0 Å². The second-order valence-electron chi connectivity index (χ2n) is 10.3. The topological polar surface area (TPSA) is 31.6 Å². The van der Waals surface area contributed by atoms with Crippen molar-refractivity contribution in [2.24, 2.45) is 11.8 Å². The Bertz CT molecular complexity index is 539. The van der Waals surface area contributed by atoms with E-state index < -0.39 is 8.56 Å². The summed E-state index contributed by atoms with van der Waals surface area (Å²) in [4.78, 5) is 0. The van der Waals surface area contributed by atoms with Gasteiger partial charge in [-0.05, 0) is 30.9 Å². The van der Waals surface area contributed by atoms with Gasteiger partial charge in [-0.3, -0.25) is 0 Å². The predicted octanol–water partition coefficient (Wildman–Crippen LogP) is 6.89. The summed E-state index contributed by atoms with van der Waals surface area (Å²) in [5.74, 6) is 2.43. The Kier molecular flexibility index (Phi) is 6.52. The van der Waals surface area contributed by atoms with Crippen LogP contribution in [0.4, 0.5) is 0 Å². The lowest BCUT2D eigenvalue weighted by molar-refractivity contribution is -0.0530. The number of furan rings is 1. The average Bonchev–Trinajstić information content (AvgIpc) is 3.06. The molecule has 1 aliphatic heterocycles. The first-order valence-corrected chi connectivity index (χ1v) is 12.1. The first kappa shape index (κ1) is 21.7. The van der Waals surface area contributed by atoms with E-state index >= 15 is 0 Å². The Hall–Kier alpha value is -0.583. The lowest BCUT2D eigenvalue weighted by Crippen LogP contribution is -2.64. The second kappa shape index (κ2) is 7.81. The molecule has 2 rings (SSSR count). The summed E-state index contributed by atoms with van der Waals surface area (Å²) in [5.41, 5.74) is 0. The lowest BCUT2D eigenvalue weighted by atomic mass is 9.84. The van der Waals surface area contributed by atoms with Crippen molar-refractivity contribution < 1.29 is 13.3 Å². The molecule has 0 radical (unpaired) electrons. The highest BCUT2D eigenvalue weighted by Gasteiger charge is 2.62. The van der Waals surface area contributed by atoms with Crippen molar-refractivity contribution in [2.75, 3.05) is 6.61 Å². The van der Waals surface area contributed by atoms with Crippen LogP contribution in [-0.2, 0) is 8.85 Å². The van der Waals surface area contributed by atoms with Crippen molar-refractivity contribution >= 4 is 8.56 Å². The molecule has 1 aliphatic rings. The van der Waals surface area contributed by atoms with Gasteiger partial charge in [0.15, 0.2) is 0 Å². The maximum Gasteiger partial charge on any atom is 0.349 e. The highest BCUT2D eigenvalue weighted by atomic mass is 28.4. The minimum atomic E-state index is -2.41. The van der Waals surface area contributed by atoms with Crippen molar-refractivity contribution in [3.63, 3.8) is 0 Å².